The molecule has 108 valence electrons. The van der Waals surface area contributed by atoms with Crippen molar-refractivity contribution in [3.63, 3.8) is 0 Å². The highest BCUT2D eigenvalue weighted by atomic mass is 16.4. The molecule has 0 atom stereocenters. The summed E-state index contributed by atoms with van der Waals surface area (Å²) in [5.41, 5.74) is 1.25. The first kappa shape index (κ1) is 14.4. The molecule has 0 aliphatic carbocycles. The molecule has 0 saturated carbocycles. The van der Waals surface area contributed by atoms with Crippen LogP contribution in [-0.2, 0) is 11.3 Å². The SMILES string of the molecule is O=C(O)/C=C/c1cccc(NC(=O)NCc2ccco2)c1. The fourth-order valence-corrected chi connectivity index (χ4v) is 1.64. The Bertz CT molecular complexity index is 647. The van der Waals surface area contributed by atoms with E-state index < -0.39 is 5.97 Å². The maximum absolute atomic E-state index is 11.7. The molecule has 2 aromatic rings. The number of furan rings is 1. The third-order valence-corrected chi connectivity index (χ3v) is 2.57. The Morgan fingerprint density at radius 2 is 2.10 bits per heavy atom. The molecule has 0 aliphatic heterocycles. The first-order valence-electron chi connectivity index (χ1n) is 6.22. The van der Waals surface area contributed by atoms with Crippen LogP contribution in [0.2, 0.25) is 0 Å². The second-order valence-corrected chi connectivity index (χ2v) is 4.18. The molecule has 3 N–H and O–H groups in total. The van der Waals surface area contributed by atoms with Crippen LogP contribution in [0.4, 0.5) is 10.5 Å². The molecule has 1 aromatic carbocycles. The quantitative estimate of drug-likeness (QED) is 0.737. The summed E-state index contributed by atoms with van der Waals surface area (Å²) in [6.45, 7) is 0.289. The van der Waals surface area contributed by atoms with Gasteiger partial charge in [0.15, 0.2) is 0 Å². The molecule has 6 nitrogen and oxygen atoms in total. The number of anilines is 1. The molecule has 0 unspecified atom stereocenters. The lowest BCUT2D eigenvalue weighted by Gasteiger charge is -2.07. The summed E-state index contributed by atoms with van der Waals surface area (Å²) >= 11 is 0. The number of nitrogens with one attached hydrogen (secondary N) is 2. The largest absolute Gasteiger partial charge is 0.478 e. The van der Waals surface area contributed by atoms with Crippen molar-refractivity contribution < 1.29 is 19.1 Å². The van der Waals surface area contributed by atoms with Crippen LogP contribution in [0.3, 0.4) is 0 Å². The zero-order chi connectivity index (χ0) is 15.1. The van der Waals surface area contributed by atoms with Gasteiger partial charge in [-0.2, -0.15) is 0 Å². The number of amides is 2. The van der Waals surface area contributed by atoms with Crippen molar-refractivity contribution in [2.45, 2.75) is 6.54 Å². The van der Waals surface area contributed by atoms with Gasteiger partial charge in [-0.3, -0.25) is 0 Å². The highest BCUT2D eigenvalue weighted by Gasteiger charge is 2.03. The van der Waals surface area contributed by atoms with Gasteiger partial charge in [-0.1, -0.05) is 12.1 Å². The van der Waals surface area contributed by atoms with E-state index in [0.29, 0.717) is 17.0 Å². The van der Waals surface area contributed by atoms with Crippen molar-refractivity contribution in [2.75, 3.05) is 5.32 Å². The van der Waals surface area contributed by atoms with Crippen molar-refractivity contribution in [1.29, 1.82) is 0 Å². The number of rotatable bonds is 5. The van der Waals surface area contributed by atoms with E-state index in [2.05, 4.69) is 10.6 Å². The number of carbonyl (C=O) groups excluding carboxylic acids is 1. The molecule has 1 heterocycles. The predicted molar refractivity (Wildman–Crippen MR) is 77.7 cm³/mol. The fraction of sp³-hybridized carbons (Fsp3) is 0.0667. The van der Waals surface area contributed by atoms with E-state index in [1.165, 1.54) is 12.3 Å². The number of hydrogen-bond donors (Lipinski definition) is 3. The Hall–Kier alpha value is -3.02. The number of carboxylic acid groups (broad SMARTS) is 1. The smallest absolute Gasteiger partial charge is 0.328 e. The minimum Gasteiger partial charge on any atom is -0.478 e. The molecule has 6 heteroatoms. The van der Waals surface area contributed by atoms with Gasteiger partial charge in [0, 0.05) is 11.8 Å². The number of benzene rings is 1. The maximum Gasteiger partial charge on any atom is 0.328 e. The summed E-state index contributed by atoms with van der Waals surface area (Å²) in [6.07, 6.45) is 4.03. The number of urea groups is 1. The van der Waals surface area contributed by atoms with Gasteiger partial charge < -0.3 is 20.2 Å². The van der Waals surface area contributed by atoms with Crippen LogP contribution in [0, 0.1) is 0 Å². The molecule has 21 heavy (non-hydrogen) atoms. The first-order valence-corrected chi connectivity index (χ1v) is 6.22. The molecule has 0 saturated heterocycles. The van der Waals surface area contributed by atoms with Gasteiger partial charge in [0.1, 0.15) is 5.76 Å². The highest BCUT2D eigenvalue weighted by Crippen LogP contribution is 2.12. The van der Waals surface area contributed by atoms with E-state index in [1.54, 1.807) is 36.4 Å². The van der Waals surface area contributed by atoms with Crippen LogP contribution in [-0.4, -0.2) is 17.1 Å². The fourth-order valence-electron chi connectivity index (χ4n) is 1.64. The standard InChI is InChI=1S/C15H14N2O4/c18-14(19)7-6-11-3-1-4-12(9-11)17-15(20)16-10-13-5-2-8-21-13/h1-9H,10H2,(H,18,19)(H2,16,17,20)/b7-6+. The van der Waals surface area contributed by atoms with Gasteiger partial charge in [-0.05, 0) is 35.9 Å². The average molecular weight is 286 g/mol. The molecular formula is C15H14N2O4. The lowest BCUT2D eigenvalue weighted by atomic mass is 10.2. The van der Waals surface area contributed by atoms with Gasteiger partial charge >= 0.3 is 12.0 Å². The predicted octanol–water partition coefficient (Wildman–Crippen LogP) is 2.70. The van der Waals surface area contributed by atoms with Crippen LogP contribution in [0.25, 0.3) is 6.08 Å². The minimum absolute atomic E-state index is 0.289. The normalized spacial score (nSPS) is 10.5. The van der Waals surface area contributed by atoms with Gasteiger partial charge in [0.05, 0.1) is 12.8 Å². The summed E-state index contributed by atoms with van der Waals surface area (Å²) in [7, 11) is 0. The molecule has 0 radical (unpaired) electrons. The molecular weight excluding hydrogens is 272 g/mol. The summed E-state index contributed by atoms with van der Waals surface area (Å²) in [5.74, 6) is -0.368. The van der Waals surface area contributed by atoms with Gasteiger partial charge in [0.2, 0.25) is 0 Å². The second-order valence-electron chi connectivity index (χ2n) is 4.18. The van der Waals surface area contributed by atoms with E-state index in [4.69, 9.17) is 9.52 Å². The molecule has 0 aliphatic rings. The lowest BCUT2D eigenvalue weighted by molar-refractivity contribution is -0.131. The molecule has 0 fully saturated rings. The number of carbonyl (C=O) groups is 2. The van der Waals surface area contributed by atoms with Crippen molar-refractivity contribution >= 4 is 23.8 Å². The van der Waals surface area contributed by atoms with Gasteiger partial charge in [0.25, 0.3) is 0 Å². The summed E-state index contributed by atoms with van der Waals surface area (Å²) < 4.78 is 5.10. The summed E-state index contributed by atoms with van der Waals surface area (Å²) in [4.78, 5) is 22.2. The van der Waals surface area contributed by atoms with Crippen molar-refractivity contribution in [3.05, 3.63) is 60.1 Å². The van der Waals surface area contributed by atoms with E-state index in [9.17, 15) is 9.59 Å². The molecule has 0 spiro atoms. The third-order valence-electron chi connectivity index (χ3n) is 2.57. The van der Waals surface area contributed by atoms with Crippen LogP contribution in [0.1, 0.15) is 11.3 Å². The Balaban J connectivity index is 1.91. The van der Waals surface area contributed by atoms with Gasteiger partial charge in [-0.15, -0.1) is 0 Å². The maximum atomic E-state index is 11.7. The third kappa shape index (κ3) is 4.87. The molecule has 0 bridgehead atoms. The zero-order valence-electron chi connectivity index (χ0n) is 11.1. The second kappa shape index (κ2) is 6.95. The number of carboxylic acids is 1. The number of aliphatic carboxylic acids is 1. The Morgan fingerprint density at radius 1 is 1.24 bits per heavy atom. The molecule has 2 amide bonds. The van der Waals surface area contributed by atoms with Crippen molar-refractivity contribution in [2.24, 2.45) is 0 Å². The summed E-state index contributed by atoms with van der Waals surface area (Å²) in [5, 5.41) is 13.9. The van der Waals surface area contributed by atoms with E-state index >= 15 is 0 Å². The first-order chi connectivity index (χ1) is 10.1. The zero-order valence-corrected chi connectivity index (χ0v) is 11.1. The van der Waals surface area contributed by atoms with E-state index in [-0.39, 0.29) is 12.6 Å². The molecule has 1 aromatic heterocycles. The lowest BCUT2D eigenvalue weighted by Crippen LogP contribution is -2.27. The van der Waals surface area contributed by atoms with Crippen molar-refractivity contribution in [3.8, 4) is 0 Å². The molecule has 2 rings (SSSR count). The monoisotopic (exact) mass is 286 g/mol. The minimum atomic E-state index is -1.02. The average Bonchev–Trinajstić information content (AvgIpc) is 2.97. The van der Waals surface area contributed by atoms with Crippen LogP contribution < -0.4 is 10.6 Å². The number of hydrogen-bond acceptors (Lipinski definition) is 3. The highest BCUT2D eigenvalue weighted by molar-refractivity contribution is 5.90. The Labute approximate surface area is 121 Å². The van der Waals surface area contributed by atoms with Crippen LogP contribution in [0.5, 0.6) is 0 Å². The van der Waals surface area contributed by atoms with Crippen molar-refractivity contribution in [1.82, 2.24) is 5.32 Å². The Morgan fingerprint density at radius 3 is 2.81 bits per heavy atom. The topological polar surface area (TPSA) is 91.6 Å². The Kier molecular flexibility index (Phi) is 4.76. The van der Waals surface area contributed by atoms with E-state index in [1.807, 2.05) is 0 Å². The van der Waals surface area contributed by atoms with Crippen LogP contribution in [0.15, 0.2) is 53.2 Å². The van der Waals surface area contributed by atoms with E-state index in [0.717, 1.165) is 6.08 Å². The van der Waals surface area contributed by atoms with Gasteiger partial charge in [-0.25, -0.2) is 9.59 Å². The summed E-state index contributed by atoms with van der Waals surface area (Å²) in [6, 6.07) is 9.99. The van der Waals surface area contributed by atoms with Crippen LogP contribution >= 0.6 is 0 Å².